The van der Waals surface area contributed by atoms with E-state index in [9.17, 15) is 26.4 Å². The predicted molar refractivity (Wildman–Crippen MR) is 159 cm³/mol. The van der Waals surface area contributed by atoms with Gasteiger partial charge in [0.05, 0.1) is 36.4 Å². The lowest BCUT2D eigenvalue weighted by atomic mass is 9.99. The normalized spacial score (nSPS) is 16.3. The summed E-state index contributed by atoms with van der Waals surface area (Å²) < 4.78 is 79.3. The van der Waals surface area contributed by atoms with Gasteiger partial charge in [-0.25, -0.2) is 8.42 Å². The molecule has 1 saturated heterocycles. The summed E-state index contributed by atoms with van der Waals surface area (Å²) in [4.78, 5) is 15.3. The maximum atomic E-state index is 13.8. The number of piperidine rings is 1. The predicted octanol–water partition coefficient (Wildman–Crippen LogP) is 6.03. The van der Waals surface area contributed by atoms with Crippen LogP contribution in [0.1, 0.15) is 43.9 Å². The number of nitrogens with zero attached hydrogens (tertiary/aromatic N) is 2. The van der Waals surface area contributed by atoms with Gasteiger partial charge in [-0.2, -0.15) is 13.2 Å². The van der Waals surface area contributed by atoms with Crippen molar-refractivity contribution in [2.45, 2.75) is 43.8 Å². The minimum Gasteiger partial charge on any atom is -0.493 e. The molecule has 1 N–H and O–H groups in total. The van der Waals surface area contributed by atoms with E-state index in [1.165, 1.54) is 44.9 Å². The number of benzene rings is 3. The van der Waals surface area contributed by atoms with E-state index in [4.69, 9.17) is 9.47 Å². The van der Waals surface area contributed by atoms with Crippen molar-refractivity contribution in [1.29, 1.82) is 0 Å². The molecule has 0 radical (unpaired) electrons. The number of nitrogens with one attached hydrogen (secondary N) is 1. The molecule has 0 bridgehead atoms. The molecule has 1 amide bonds. The summed E-state index contributed by atoms with van der Waals surface area (Å²) in [5.74, 6) is 0.289. The van der Waals surface area contributed by atoms with Crippen LogP contribution in [0.3, 0.4) is 0 Å². The van der Waals surface area contributed by atoms with E-state index >= 15 is 0 Å². The summed E-state index contributed by atoms with van der Waals surface area (Å²) in [6.07, 6.45) is -2.38. The largest absolute Gasteiger partial charge is 0.493 e. The Hall–Kier alpha value is -3.93. The van der Waals surface area contributed by atoms with Gasteiger partial charge in [-0.05, 0) is 73.7 Å². The first-order chi connectivity index (χ1) is 20.3. The topological polar surface area (TPSA) is 88.2 Å². The Balaban J connectivity index is 1.59. The number of ether oxygens (including phenoxy) is 2. The molecule has 12 heteroatoms. The second-order valence-electron chi connectivity index (χ2n) is 10.7. The minimum atomic E-state index is -4.72. The second kappa shape index (κ2) is 13.2. The molecule has 3 aromatic carbocycles. The monoisotopic (exact) mass is 619 g/mol. The molecule has 1 fully saturated rings. The van der Waals surface area contributed by atoms with Gasteiger partial charge in [-0.1, -0.05) is 25.1 Å². The lowest BCUT2D eigenvalue weighted by Crippen LogP contribution is -2.41. The van der Waals surface area contributed by atoms with E-state index in [1.54, 1.807) is 6.92 Å². The fourth-order valence-electron chi connectivity index (χ4n) is 5.16. The van der Waals surface area contributed by atoms with Gasteiger partial charge < -0.3 is 19.7 Å². The van der Waals surface area contributed by atoms with Gasteiger partial charge in [0.25, 0.3) is 10.0 Å². The van der Waals surface area contributed by atoms with E-state index in [2.05, 4.69) is 17.1 Å². The number of methoxy groups -OCH3 is 2. The highest BCUT2D eigenvalue weighted by atomic mass is 32.2. The van der Waals surface area contributed by atoms with Crippen LogP contribution in [0.2, 0.25) is 0 Å². The molecule has 43 heavy (non-hydrogen) atoms. The second-order valence-corrected chi connectivity index (χ2v) is 12.5. The van der Waals surface area contributed by atoms with Crippen LogP contribution in [0.15, 0.2) is 71.6 Å². The van der Waals surface area contributed by atoms with Gasteiger partial charge in [0, 0.05) is 24.8 Å². The van der Waals surface area contributed by atoms with Crippen molar-refractivity contribution in [2.75, 3.05) is 43.1 Å². The van der Waals surface area contributed by atoms with Crippen molar-refractivity contribution < 1.29 is 35.9 Å². The number of carbonyl (C=O) groups is 1. The van der Waals surface area contributed by atoms with Gasteiger partial charge >= 0.3 is 6.18 Å². The average Bonchev–Trinajstić information content (AvgIpc) is 2.99. The molecule has 0 spiro atoms. The fraction of sp³-hybridized carbons (Fsp3) is 0.387. The third kappa shape index (κ3) is 7.54. The van der Waals surface area contributed by atoms with Crippen molar-refractivity contribution in [3.63, 3.8) is 0 Å². The van der Waals surface area contributed by atoms with E-state index < -0.39 is 40.3 Å². The van der Waals surface area contributed by atoms with Crippen LogP contribution in [-0.2, 0) is 21.0 Å². The summed E-state index contributed by atoms with van der Waals surface area (Å²) in [6, 6.07) is 15.0. The number of rotatable bonds is 10. The van der Waals surface area contributed by atoms with Crippen molar-refractivity contribution in [3.05, 3.63) is 77.9 Å². The number of hydrogen-bond acceptors (Lipinski definition) is 6. The summed E-state index contributed by atoms with van der Waals surface area (Å²) in [7, 11) is -1.82. The highest BCUT2D eigenvalue weighted by Crippen LogP contribution is 2.35. The molecule has 0 saturated carbocycles. The molecule has 1 heterocycles. The van der Waals surface area contributed by atoms with E-state index in [0.717, 1.165) is 42.9 Å². The van der Waals surface area contributed by atoms with E-state index in [0.29, 0.717) is 16.3 Å². The molecule has 1 aliphatic heterocycles. The Morgan fingerprint density at radius 3 is 2.37 bits per heavy atom. The minimum absolute atomic E-state index is 0.105. The molecule has 8 nitrogen and oxygen atoms in total. The van der Waals surface area contributed by atoms with Crippen LogP contribution in [0.4, 0.5) is 24.5 Å². The van der Waals surface area contributed by atoms with Crippen molar-refractivity contribution in [1.82, 2.24) is 5.32 Å². The van der Waals surface area contributed by atoms with Gasteiger partial charge in [0.1, 0.15) is 6.54 Å². The summed E-state index contributed by atoms with van der Waals surface area (Å²) >= 11 is 0. The van der Waals surface area contributed by atoms with Crippen LogP contribution in [-0.4, -0.2) is 48.2 Å². The first-order valence-electron chi connectivity index (χ1n) is 13.9. The summed E-state index contributed by atoms with van der Waals surface area (Å²) in [5.41, 5.74) is 0.531. The van der Waals surface area contributed by atoms with E-state index in [1.807, 2.05) is 24.3 Å². The zero-order valence-electron chi connectivity index (χ0n) is 24.5. The van der Waals surface area contributed by atoms with Gasteiger partial charge in [0.2, 0.25) is 5.91 Å². The SMILES string of the molecule is COc1ccc(S(=O)(=O)N(CC(=O)NC(C)c2ccc(N3CCCC(C)C3)cc2)c2cccc(C(F)(F)F)c2)cc1OC. The third-order valence-electron chi connectivity index (χ3n) is 7.48. The summed E-state index contributed by atoms with van der Waals surface area (Å²) in [5, 5.41) is 2.79. The first-order valence-corrected chi connectivity index (χ1v) is 15.3. The Kier molecular flexibility index (Phi) is 9.79. The average molecular weight is 620 g/mol. The van der Waals surface area contributed by atoms with Crippen LogP contribution in [0.5, 0.6) is 11.5 Å². The molecule has 232 valence electrons. The molecule has 0 aliphatic carbocycles. The van der Waals surface area contributed by atoms with Crippen LogP contribution < -0.4 is 24.0 Å². The maximum absolute atomic E-state index is 13.8. The smallest absolute Gasteiger partial charge is 0.416 e. The maximum Gasteiger partial charge on any atom is 0.416 e. The molecular weight excluding hydrogens is 583 g/mol. The first kappa shape index (κ1) is 32.0. The Morgan fingerprint density at radius 1 is 1.05 bits per heavy atom. The molecule has 1 aliphatic rings. The zero-order chi connectivity index (χ0) is 31.4. The lowest BCUT2D eigenvalue weighted by molar-refractivity contribution is -0.137. The number of sulfonamides is 1. The number of anilines is 2. The number of halogens is 3. The van der Waals surface area contributed by atoms with Gasteiger partial charge in [-0.3, -0.25) is 9.10 Å². The van der Waals surface area contributed by atoms with Crippen LogP contribution >= 0.6 is 0 Å². The third-order valence-corrected chi connectivity index (χ3v) is 9.25. The number of hydrogen-bond donors (Lipinski definition) is 1. The Labute approximate surface area is 250 Å². The highest BCUT2D eigenvalue weighted by molar-refractivity contribution is 7.92. The fourth-order valence-corrected chi connectivity index (χ4v) is 6.58. The molecule has 0 aromatic heterocycles. The van der Waals surface area contributed by atoms with Crippen molar-refractivity contribution in [2.24, 2.45) is 5.92 Å². The molecule has 2 unspecified atom stereocenters. The molecular formula is C31H36F3N3O5S. The van der Waals surface area contributed by atoms with Crippen molar-refractivity contribution in [3.8, 4) is 11.5 Å². The summed E-state index contributed by atoms with van der Waals surface area (Å²) in [6.45, 7) is 5.19. The Bertz CT molecular complexity index is 1530. The van der Waals surface area contributed by atoms with Gasteiger partial charge in [-0.15, -0.1) is 0 Å². The molecule has 2 atom stereocenters. The van der Waals surface area contributed by atoms with Crippen LogP contribution in [0, 0.1) is 5.92 Å². The number of alkyl halides is 3. The zero-order valence-corrected chi connectivity index (χ0v) is 25.3. The highest BCUT2D eigenvalue weighted by Gasteiger charge is 2.34. The number of amides is 1. The van der Waals surface area contributed by atoms with Crippen LogP contribution in [0.25, 0.3) is 0 Å². The quantitative estimate of drug-likeness (QED) is 0.298. The standard InChI is InChI=1S/C31H36F3N3O5S/c1-21-7-6-16-36(19-21)25-12-10-23(11-13-25)22(2)35-30(38)20-37(26-9-5-8-24(17-26)31(32,33)34)43(39,40)27-14-15-28(41-3)29(18-27)42-4/h5,8-15,17-18,21-22H,6-7,16,19-20H2,1-4H3,(H,35,38). The Morgan fingerprint density at radius 2 is 1.74 bits per heavy atom. The van der Waals surface area contributed by atoms with E-state index in [-0.39, 0.29) is 22.1 Å². The molecule has 4 rings (SSSR count). The number of carbonyl (C=O) groups excluding carboxylic acids is 1. The van der Waals surface area contributed by atoms with Crippen molar-refractivity contribution >= 4 is 27.3 Å². The lowest BCUT2D eigenvalue weighted by Gasteiger charge is -2.33. The molecule has 3 aromatic rings. The van der Waals surface area contributed by atoms with Gasteiger partial charge in [0.15, 0.2) is 11.5 Å².